The molecule has 20 heavy (non-hydrogen) atoms. The second-order valence-corrected chi connectivity index (χ2v) is 7.69. The standard InChI is InChI=1S/C17H31NO2/c1-5-6-13-18(15(19)20-16(2,3)4)17-10-7-14(8-11-17)9-12-17/h14H,5-13H2,1-4H3. The van der Waals surface area contributed by atoms with Crippen molar-refractivity contribution in [1.29, 1.82) is 0 Å². The Bertz CT molecular complexity index is 324. The first-order chi connectivity index (χ1) is 9.36. The minimum atomic E-state index is -0.399. The van der Waals surface area contributed by atoms with Crippen molar-refractivity contribution in [2.75, 3.05) is 6.54 Å². The molecule has 0 radical (unpaired) electrons. The van der Waals surface area contributed by atoms with Crippen LogP contribution in [0, 0.1) is 5.92 Å². The molecule has 0 saturated heterocycles. The summed E-state index contributed by atoms with van der Waals surface area (Å²) in [5.74, 6) is 0.920. The molecule has 3 nitrogen and oxygen atoms in total. The van der Waals surface area contributed by atoms with Crippen LogP contribution in [0.4, 0.5) is 4.79 Å². The third-order valence-corrected chi connectivity index (χ3v) is 4.98. The molecule has 3 aliphatic carbocycles. The summed E-state index contributed by atoms with van der Waals surface area (Å²) in [4.78, 5) is 14.7. The van der Waals surface area contributed by atoms with Gasteiger partial charge in [-0.1, -0.05) is 13.3 Å². The quantitative estimate of drug-likeness (QED) is 0.744. The van der Waals surface area contributed by atoms with Crippen LogP contribution >= 0.6 is 0 Å². The summed E-state index contributed by atoms with van der Waals surface area (Å²) in [6, 6.07) is 0. The molecule has 3 aliphatic rings. The van der Waals surface area contributed by atoms with Crippen molar-refractivity contribution in [2.24, 2.45) is 5.92 Å². The van der Waals surface area contributed by atoms with Gasteiger partial charge in [-0.05, 0) is 71.6 Å². The molecule has 116 valence electrons. The normalized spacial score (nSPS) is 29.3. The molecular weight excluding hydrogens is 250 g/mol. The molecule has 1 amide bonds. The number of rotatable bonds is 4. The summed E-state index contributed by atoms with van der Waals surface area (Å²) in [5.41, 5.74) is -0.295. The maximum absolute atomic E-state index is 12.6. The number of nitrogens with zero attached hydrogens (tertiary/aromatic N) is 1. The molecule has 2 bridgehead atoms. The van der Waals surface area contributed by atoms with Crippen molar-refractivity contribution >= 4 is 6.09 Å². The van der Waals surface area contributed by atoms with E-state index in [-0.39, 0.29) is 11.6 Å². The van der Waals surface area contributed by atoms with Gasteiger partial charge in [0.15, 0.2) is 0 Å². The van der Waals surface area contributed by atoms with E-state index >= 15 is 0 Å². The summed E-state index contributed by atoms with van der Waals surface area (Å²) >= 11 is 0. The second kappa shape index (κ2) is 5.95. The molecule has 3 rings (SSSR count). The number of unbranched alkanes of at least 4 members (excludes halogenated alkanes) is 1. The Morgan fingerprint density at radius 3 is 2.20 bits per heavy atom. The first-order valence-electron chi connectivity index (χ1n) is 8.37. The fourth-order valence-electron chi connectivity index (χ4n) is 3.79. The number of hydrogen-bond donors (Lipinski definition) is 0. The molecule has 0 heterocycles. The smallest absolute Gasteiger partial charge is 0.410 e. The van der Waals surface area contributed by atoms with E-state index in [1.54, 1.807) is 0 Å². The lowest BCUT2D eigenvalue weighted by Crippen LogP contribution is -2.57. The van der Waals surface area contributed by atoms with E-state index in [0.717, 1.165) is 25.3 Å². The van der Waals surface area contributed by atoms with Crippen molar-refractivity contribution < 1.29 is 9.53 Å². The van der Waals surface area contributed by atoms with Crippen molar-refractivity contribution in [3.8, 4) is 0 Å². The Balaban J connectivity index is 2.11. The van der Waals surface area contributed by atoms with Gasteiger partial charge in [-0.15, -0.1) is 0 Å². The van der Waals surface area contributed by atoms with E-state index in [2.05, 4.69) is 11.8 Å². The average molecular weight is 281 g/mol. The number of fused-ring (bicyclic) bond motifs is 3. The number of amides is 1. The molecule has 0 unspecified atom stereocenters. The van der Waals surface area contributed by atoms with Gasteiger partial charge in [-0.25, -0.2) is 4.79 Å². The SMILES string of the molecule is CCCCN(C(=O)OC(C)(C)C)C12CCC(CC1)CC2. The zero-order chi connectivity index (χ0) is 14.8. The Hall–Kier alpha value is -0.730. The number of ether oxygens (including phenoxy) is 1. The van der Waals surface area contributed by atoms with Crippen LogP contribution in [-0.2, 0) is 4.74 Å². The number of hydrogen-bond acceptors (Lipinski definition) is 2. The summed E-state index contributed by atoms with van der Waals surface area (Å²) in [5, 5.41) is 0. The fourth-order valence-corrected chi connectivity index (χ4v) is 3.79. The summed E-state index contributed by atoms with van der Waals surface area (Å²) in [6.07, 6.45) is 9.54. The van der Waals surface area contributed by atoms with Gasteiger partial charge in [0.05, 0.1) is 0 Å². The van der Waals surface area contributed by atoms with E-state index in [1.165, 1.54) is 38.5 Å². The molecule has 0 aromatic rings. The highest BCUT2D eigenvalue weighted by Crippen LogP contribution is 2.48. The van der Waals surface area contributed by atoms with Crippen LogP contribution in [-0.4, -0.2) is 28.7 Å². The van der Waals surface area contributed by atoms with Crippen LogP contribution in [0.3, 0.4) is 0 Å². The van der Waals surface area contributed by atoms with Gasteiger partial charge in [0.2, 0.25) is 0 Å². The molecule has 0 aliphatic heterocycles. The predicted molar refractivity (Wildman–Crippen MR) is 81.8 cm³/mol. The Labute approximate surface area is 124 Å². The monoisotopic (exact) mass is 281 g/mol. The van der Waals surface area contributed by atoms with E-state index in [9.17, 15) is 4.79 Å². The predicted octanol–water partition coefficient (Wildman–Crippen LogP) is 4.75. The average Bonchev–Trinajstić information content (AvgIpc) is 2.39. The van der Waals surface area contributed by atoms with Crippen molar-refractivity contribution in [2.45, 2.75) is 90.2 Å². The molecular formula is C17H31NO2. The third kappa shape index (κ3) is 3.48. The van der Waals surface area contributed by atoms with Gasteiger partial charge in [-0.3, -0.25) is 0 Å². The first-order valence-corrected chi connectivity index (χ1v) is 8.37. The van der Waals surface area contributed by atoms with E-state index in [0.29, 0.717) is 0 Å². The van der Waals surface area contributed by atoms with Gasteiger partial charge in [0, 0.05) is 12.1 Å². The van der Waals surface area contributed by atoms with Crippen LogP contribution in [0.5, 0.6) is 0 Å². The Kier molecular flexibility index (Phi) is 4.66. The summed E-state index contributed by atoms with van der Waals surface area (Å²) in [6.45, 7) is 8.91. The summed E-state index contributed by atoms with van der Waals surface area (Å²) < 4.78 is 5.68. The summed E-state index contributed by atoms with van der Waals surface area (Å²) in [7, 11) is 0. The number of carbonyl (C=O) groups excluding carboxylic acids is 1. The topological polar surface area (TPSA) is 29.5 Å². The van der Waals surface area contributed by atoms with Crippen LogP contribution in [0.25, 0.3) is 0 Å². The fraction of sp³-hybridized carbons (Fsp3) is 0.941. The first kappa shape index (κ1) is 15.7. The van der Waals surface area contributed by atoms with E-state index < -0.39 is 5.60 Å². The van der Waals surface area contributed by atoms with Gasteiger partial charge >= 0.3 is 6.09 Å². The van der Waals surface area contributed by atoms with Gasteiger partial charge in [0.1, 0.15) is 5.60 Å². The highest BCUT2D eigenvalue weighted by Gasteiger charge is 2.47. The zero-order valence-corrected chi connectivity index (χ0v) is 13.7. The van der Waals surface area contributed by atoms with E-state index in [4.69, 9.17) is 4.74 Å². The molecule has 0 spiro atoms. The van der Waals surface area contributed by atoms with Crippen molar-refractivity contribution in [3.63, 3.8) is 0 Å². The largest absolute Gasteiger partial charge is 0.444 e. The lowest BCUT2D eigenvalue weighted by Gasteiger charge is -2.52. The molecule has 0 N–H and O–H groups in total. The van der Waals surface area contributed by atoms with Gasteiger partial charge < -0.3 is 9.64 Å². The zero-order valence-electron chi connectivity index (χ0n) is 13.7. The molecule has 3 heteroatoms. The Morgan fingerprint density at radius 1 is 1.20 bits per heavy atom. The maximum Gasteiger partial charge on any atom is 0.410 e. The highest BCUT2D eigenvalue weighted by molar-refractivity contribution is 5.69. The maximum atomic E-state index is 12.6. The minimum Gasteiger partial charge on any atom is -0.444 e. The van der Waals surface area contributed by atoms with Gasteiger partial charge in [-0.2, -0.15) is 0 Å². The number of carbonyl (C=O) groups is 1. The van der Waals surface area contributed by atoms with E-state index in [1.807, 2.05) is 20.8 Å². The molecule has 0 aromatic carbocycles. The van der Waals surface area contributed by atoms with Crippen LogP contribution < -0.4 is 0 Å². The van der Waals surface area contributed by atoms with Crippen LogP contribution in [0.15, 0.2) is 0 Å². The van der Waals surface area contributed by atoms with Crippen LogP contribution in [0.1, 0.15) is 79.1 Å². The molecule has 3 fully saturated rings. The highest BCUT2D eigenvalue weighted by atomic mass is 16.6. The van der Waals surface area contributed by atoms with Crippen molar-refractivity contribution in [1.82, 2.24) is 4.90 Å². The second-order valence-electron chi connectivity index (χ2n) is 7.69. The van der Waals surface area contributed by atoms with Crippen molar-refractivity contribution in [3.05, 3.63) is 0 Å². The lowest BCUT2D eigenvalue weighted by molar-refractivity contribution is -0.0383. The lowest BCUT2D eigenvalue weighted by atomic mass is 9.65. The van der Waals surface area contributed by atoms with Gasteiger partial charge in [0.25, 0.3) is 0 Å². The molecule has 0 atom stereocenters. The molecule has 3 saturated carbocycles. The third-order valence-electron chi connectivity index (χ3n) is 4.98. The Morgan fingerprint density at radius 2 is 1.75 bits per heavy atom. The minimum absolute atomic E-state index is 0.0914. The molecule has 0 aromatic heterocycles. The van der Waals surface area contributed by atoms with Crippen LogP contribution in [0.2, 0.25) is 0 Å².